The quantitative estimate of drug-likeness (QED) is 0.723. The Balaban J connectivity index is 1.94. The highest BCUT2D eigenvalue weighted by Gasteiger charge is 2.22. The van der Waals surface area contributed by atoms with Crippen LogP contribution in [0.25, 0.3) is 0 Å². The fourth-order valence-corrected chi connectivity index (χ4v) is 2.63. The molecule has 5 nitrogen and oxygen atoms in total. The van der Waals surface area contributed by atoms with E-state index in [1.54, 1.807) is 12.1 Å². The Morgan fingerprint density at radius 2 is 2.11 bits per heavy atom. The number of phenolic OH excluding ortho intramolecular Hbond substituents is 2. The van der Waals surface area contributed by atoms with Gasteiger partial charge in [0.25, 0.3) is 0 Å². The molecule has 19 heavy (non-hydrogen) atoms. The zero-order valence-corrected chi connectivity index (χ0v) is 10.7. The van der Waals surface area contributed by atoms with Gasteiger partial charge in [-0.2, -0.15) is 0 Å². The predicted octanol–water partition coefficient (Wildman–Crippen LogP) is 1.78. The Kier molecular flexibility index (Phi) is 4.27. The smallest absolute Gasteiger partial charge is 0.303 e. The van der Waals surface area contributed by atoms with Crippen molar-refractivity contribution in [2.75, 3.05) is 13.1 Å². The number of carboxylic acids is 1. The van der Waals surface area contributed by atoms with E-state index in [4.69, 9.17) is 5.11 Å². The molecule has 2 rings (SSSR count). The minimum absolute atomic E-state index is 0.114. The molecule has 104 valence electrons. The number of aromatic hydroxyl groups is 2. The van der Waals surface area contributed by atoms with E-state index in [9.17, 15) is 15.0 Å². The first-order chi connectivity index (χ1) is 9.04. The van der Waals surface area contributed by atoms with Crippen LogP contribution in [0.1, 0.15) is 24.8 Å². The molecule has 0 radical (unpaired) electrons. The van der Waals surface area contributed by atoms with Crippen molar-refractivity contribution in [3.8, 4) is 11.5 Å². The molecule has 1 aromatic rings. The van der Waals surface area contributed by atoms with Gasteiger partial charge in [0.15, 0.2) is 11.5 Å². The first-order valence-corrected chi connectivity index (χ1v) is 6.49. The molecule has 5 heteroatoms. The SMILES string of the molecule is O=C(O)CC1CCCN(Cc2ccc(O)c(O)c2)C1. The minimum atomic E-state index is -0.742. The number of rotatable bonds is 4. The minimum Gasteiger partial charge on any atom is -0.504 e. The summed E-state index contributed by atoms with van der Waals surface area (Å²) in [7, 11) is 0. The molecule has 1 heterocycles. The number of carbonyl (C=O) groups is 1. The lowest BCUT2D eigenvalue weighted by molar-refractivity contribution is -0.138. The van der Waals surface area contributed by atoms with Crippen molar-refractivity contribution in [1.29, 1.82) is 0 Å². The summed E-state index contributed by atoms with van der Waals surface area (Å²) in [4.78, 5) is 12.9. The fourth-order valence-electron chi connectivity index (χ4n) is 2.63. The Hall–Kier alpha value is -1.75. The van der Waals surface area contributed by atoms with Gasteiger partial charge in [-0.25, -0.2) is 0 Å². The average Bonchev–Trinajstić information content (AvgIpc) is 2.33. The van der Waals surface area contributed by atoms with Gasteiger partial charge >= 0.3 is 5.97 Å². The van der Waals surface area contributed by atoms with Gasteiger partial charge < -0.3 is 15.3 Å². The molecule has 0 spiro atoms. The van der Waals surface area contributed by atoms with Crippen molar-refractivity contribution >= 4 is 5.97 Å². The summed E-state index contributed by atoms with van der Waals surface area (Å²) < 4.78 is 0. The number of nitrogens with zero attached hydrogens (tertiary/aromatic N) is 1. The number of hydrogen-bond donors (Lipinski definition) is 3. The Morgan fingerprint density at radius 3 is 2.79 bits per heavy atom. The standard InChI is InChI=1S/C14H19NO4/c16-12-4-3-11(6-13(12)17)9-15-5-1-2-10(8-15)7-14(18)19/h3-4,6,10,16-17H,1-2,5,7-9H2,(H,18,19). The summed E-state index contributed by atoms with van der Waals surface area (Å²) in [6.07, 6.45) is 2.18. The van der Waals surface area contributed by atoms with E-state index >= 15 is 0 Å². The van der Waals surface area contributed by atoms with Crippen LogP contribution in [0.4, 0.5) is 0 Å². The van der Waals surface area contributed by atoms with Crippen molar-refractivity contribution in [2.45, 2.75) is 25.8 Å². The van der Waals surface area contributed by atoms with Crippen LogP contribution in [0.3, 0.4) is 0 Å². The van der Waals surface area contributed by atoms with Crippen LogP contribution in [0, 0.1) is 5.92 Å². The first kappa shape index (κ1) is 13.7. The van der Waals surface area contributed by atoms with Gasteiger partial charge in [-0.1, -0.05) is 6.07 Å². The average molecular weight is 265 g/mol. The van der Waals surface area contributed by atoms with Crippen LogP contribution >= 0.6 is 0 Å². The second-order valence-corrected chi connectivity index (χ2v) is 5.16. The summed E-state index contributed by atoms with van der Waals surface area (Å²) >= 11 is 0. The topological polar surface area (TPSA) is 81.0 Å². The molecule has 1 fully saturated rings. The van der Waals surface area contributed by atoms with Gasteiger partial charge in [0, 0.05) is 19.5 Å². The number of piperidine rings is 1. The Morgan fingerprint density at radius 1 is 1.32 bits per heavy atom. The second kappa shape index (κ2) is 5.93. The molecule has 1 aromatic carbocycles. The summed E-state index contributed by atoms with van der Waals surface area (Å²) in [5.74, 6) is -0.770. The van der Waals surface area contributed by atoms with Crippen molar-refractivity contribution < 1.29 is 20.1 Å². The molecule has 0 aromatic heterocycles. The van der Waals surface area contributed by atoms with Crippen LogP contribution in [0.5, 0.6) is 11.5 Å². The molecule has 1 atom stereocenters. The number of benzene rings is 1. The fraction of sp³-hybridized carbons (Fsp3) is 0.500. The number of hydrogen-bond acceptors (Lipinski definition) is 4. The zero-order chi connectivity index (χ0) is 13.8. The van der Waals surface area contributed by atoms with E-state index in [1.165, 1.54) is 6.07 Å². The summed E-state index contributed by atoms with van der Waals surface area (Å²) in [6, 6.07) is 4.80. The third kappa shape index (κ3) is 3.86. The van der Waals surface area contributed by atoms with E-state index in [2.05, 4.69) is 4.90 Å². The highest BCUT2D eigenvalue weighted by molar-refractivity contribution is 5.67. The number of likely N-dealkylation sites (tertiary alicyclic amines) is 1. The van der Waals surface area contributed by atoms with E-state index < -0.39 is 5.97 Å². The summed E-state index contributed by atoms with van der Waals surface area (Å²) in [5, 5.41) is 27.5. The van der Waals surface area contributed by atoms with Gasteiger partial charge in [0.1, 0.15) is 0 Å². The van der Waals surface area contributed by atoms with Crippen molar-refractivity contribution in [2.24, 2.45) is 5.92 Å². The van der Waals surface area contributed by atoms with E-state index in [-0.39, 0.29) is 23.8 Å². The lowest BCUT2D eigenvalue weighted by atomic mass is 9.94. The van der Waals surface area contributed by atoms with Crippen LogP contribution in [0.2, 0.25) is 0 Å². The van der Waals surface area contributed by atoms with Crippen molar-refractivity contribution in [3.63, 3.8) is 0 Å². The highest BCUT2D eigenvalue weighted by atomic mass is 16.4. The molecule has 1 aliphatic rings. The molecular formula is C14H19NO4. The molecule has 0 saturated carbocycles. The zero-order valence-electron chi connectivity index (χ0n) is 10.7. The van der Waals surface area contributed by atoms with E-state index in [0.717, 1.165) is 31.5 Å². The largest absolute Gasteiger partial charge is 0.504 e. The van der Waals surface area contributed by atoms with Crippen LogP contribution in [-0.4, -0.2) is 39.3 Å². The second-order valence-electron chi connectivity index (χ2n) is 5.16. The number of phenols is 2. The van der Waals surface area contributed by atoms with Crippen LogP contribution < -0.4 is 0 Å². The molecule has 0 aliphatic carbocycles. The molecular weight excluding hydrogens is 246 g/mol. The monoisotopic (exact) mass is 265 g/mol. The van der Waals surface area contributed by atoms with Crippen molar-refractivity contribution in [1.82, 2.24) is 4.90 Å². The molecule has 0 amide bonds. The molecule has 1 aliphatic heterocycles. The maximum absolute atomic E-state index is 10.7. The van der Waals surface area contributed by atoms with Crippen LogP contribution in [0.15, 0.2) is 18.2 Å². The van der Waals surface area contributed by atoms with Crippen LogP contribution in [-0.2, 0) is 11.3 Å². The lowest BCUT2D eigenvalue weighted by Crippen LogP contribution is -2.35. The lowest BCUT2D eigenvalue weighted by Gasteiger charge is -2.32. The number of carboxylic acid groups (broad SMARTS) is 1. The van der Waals surface area contributed by atoms with Gasteiger partial charge in [-0.3, -0.25) is 9.69 Å². The first-order valence-electron chi connectivity index (χ1n) is 6.49. The van der Waals surface area contributed by atoms with Gasteiger partial charge in [-0.05, 0) is 43.0 Å². The normalized spacial score (nSPS) is 20.3. The Labute approximate surface area is 112 Å². The summed E-state index contributed by atoms with van der Waals surface area (Å²) in [5.41, 5.74) is 0.922. The number of aliphatic carboxylic acids is 1. The molecule has 0 bridgehead atoms. The maximum atomic E-state index is 10.7. The van der Waals surface area contributed by atoms with E-state index in [0.29, 0.717) is 6.54 Å². The Bertz CT molecular complexity index is 461. The van der Waals surface area contributed by atoms with Gasteiger partial charge in [0.2, 0.25) is 0 Å². The van der Waals surface area contributed by atoms with Crippen molar-refractivity contribution in [3.05, 3.63) is 23.8 Å². The molecule has 3 N–H and O–H groups in total. The molecule has 1 unspecified atom stereocenters. The third-order valence-corrected chi connectivity index (χ3v) is 3.51. The summed E-state index contributed by atoms with van der Waals surface area (Å²) in [6.45, 7) is 2.38. The molecule has 1 saturated heterocycles. The van der Waals surface area contributed by atoms with Gasteiger partial charge in [-0.15, -0.1) is 0 Å². The van der Waals surface area contributed by atoms with E-state index in [1.807, 2.05) is 0 Å². The highest BCUT2D eigenvalue weighted by Crippen LogP contribution is 2.27. The maximum Gasteiger partial charge on any atom is 0.303 e. The third-order valence-electron chi connectivity index (χ3n) is 3.51. The van der Waals surface area contributed by atoms with Gasteiger partial charge in [0.05, 0.1) is 0 Å². The predicted molar refractivity (Wildman–Crippen MR) is 70.0 cm³/mol.